The normalized spacial score (nSPS) is 24.7. The highest BCUT2D eigenvalue weighted by Crippen LogP contribution is 2.61. The van der Waals surface area contributed by atoms with Crippen molar-refractivity contribution < 1.29 is 13.7 Å². The Bertz CT molecular complexity index is 1830. The summed E-state index contributed by atoms with van der Waals surface area (Å²) in [5, 5.41) is 0. The Hall–Kier alpha value is -4.63. The van der Waals surface area contributed by atoms with Crippen molar-refractivity contribution in [2.24, 2.45) is 0 Å². The second-order valence-electron chi connectivity index (χ2n) is 10.7. The molecule has 0 fully saturated rings. The van der Waals surface area contributed by atoms with E-state index in [4.69, 9.17) is 0 Å². The number of hydrogen-bond donors (Lipinski definition) is 0. The van der Waals surface area contributed by atoms with Gasteiger partial charge in [-0.1, -0.05) is 60.7 Å². The highest BCUT2D eigenvalue weighted by Gasteiger charge is 2.85. The van der Waals surface area contributed by atoms with Gasteiger partial charge in [0.2, 0.25) is 11.4 Å². The number of allylic oxidation sites excluding steroid dienone is 1. The minimum atomic E-state index is -0.586. The molecular formula is C35H26N3+3. The average molecular weight is 489 g/mol. The summed E-state index contributed by atoms with van der Waals surface area (Å²) in [4.78, 5) is 0. The molecular weight excluding hydrogens is 462 g/mol. The molecule has 4 aliphatic heterocycles. The first kappa shape index (κ1) is 20.4. The summed E-state index contributed by atoms with van der Waals surface area (Å²) < 4.78 is 7.81. The van der Waals surface area contributed by atoms with Crippen molar-refractivity contribution in [1.82, 2.24) is 0 Å². The van der Waals surface area contributed by atoms with Crippen LogP contribution in [-0.4, -0.2) is 10.8 Å². The van der Waals surface area contributed by atoms with E-state index in [9.17, 15) is 0 Å². The lowest BCUT2D eigenvalue weighted by Gasteiger charge is -2.39. The Balaban J connectivity index is 1.61. The molecule has 2 spiro atoms. The molecule has 3 nitrogen and oxygen atoms in total. The third-order valence-electron chi connectivity index (χ3n) is 9.27. The molecule has 0 amide bonds. The van der Waals surface area contributed by atoms with E-state index in [2.05, 4.69) is 154 Å². The fourth-order valence-corrected chi connectivity index (χ4v) is 8.14. The summed E-state index contributed by atoms with van der Waals surface area (Å²) in [5.41, 5.74) is 9.46. The molecule has 0 saturated carbocycles. The maximum atomic E-state index is 2.69. The number of benzene rings is 3. The molecule has 4 aliphatic rings. The van der Waals surface area contributed by atoms with Crippen LogP contribution in [0.5, 0.6) is 0 Å². The van der Waals surface area contributed by atoms with E-state index in [1.54, 1.807) is 0 Å². The van der Waals surface area contributed by atoms with E-state index in [1.165, 1.54) is 44.8 Å². The van der Waals surface area contributed by atoms with Gasteiger partial charge in [0, 0.05) is 36.2 Å². The van der Waals surface area contributed by atoms with E-state index < -0.39 is 11.2 Å². The highest BCUT2D eigenvalue weighted by molar-refractivity contribution is 5.75. The Morgan fingerprint density at radius 2 is 1.16 bits per heavy atom. The predicted molar refractivity (Wildman–Crippen MR) is 147 cm³/mol. The molecule has 2 aromatic heterocycles. The molecule has 3 heteroatoms. The van der Waals surface area contributed by atoms with Crippen molar-refractivity contribution in [2.45, 2.75) is 23.7 Å². The van der Waals surface area contributed by atoms with Crippen LogP contribution in [0.15, 0.2) is 134 Å². The van der Waals surface area contributed by atoms with Crippen LogP contribution in [-0.2, 0) is 11.2 Å². The maximum Gasteiger partial charge on any atom is 0.463 e. The molecule has 9 rings (SSSR count). The first-order valence-electron chi connectivity index (χ1n) is 13.5. The first-order valence-corrected chi connectivity index (χ1v) is 13.5. The van der Waals surface area contributed by atoms with Crippen LogP contribution in [0.25, 0.3) is 22.5 Å². The summed E-state index contributed by atoms with van der Waals surface area (Å²) >= 11 is 0. The number of rotatable bonds is 0. The lowest BCUT2D eigenvalue weighted by molar-refractivity contribution is -1.01. The molecule has 38 heavy (non-hydrogen) atoms. The third-order valence-corrected chi connectivity index (χ3v) is 9.27. The average Bonchev–Trinajstić information content (AvgIpc) is 3.46. The Morgan fingerprint density at radius 3 is 1.89 bits per heavy atom. The van der Waals surface area contributed by atoms with Gasteiger partial charge in [-0.2, -0.15) is 0 Å². The van der Waals surface area contributed by atoms with Gasteiger partial charge in [0.25, 0.3) is 0 Å². The Morgan fingerprint density at radius 1 is 0.579 bits per heavy atom. The topological polar surface area (TPSA) is 10.8 Å². The van der Waals surface area contributed by atoms with Crippen LogP contribution in [0.3, 0.4) is 0 Å². The molecule has 3 atom stereocenters. The summed E-state index contributed by atoms with van der Waals surface area (Å²) in [6.45, 7) is 0. The fraction of sp³-hybridized carbons (Fsp3) is 0.114. The Kier molecular flexibility index (Phi) is 3.77. The lowest BCUT2D eigenvalue weighted by Crippen LogP contribution is -2.84. The molecule has 178 valence electrons. The van der Waals surface area contributed by atoms with Gasteiger partial charge < -0.3 is 0 Å². The van der Waals surface area contributed by atoms with Crippen LogP contribution in [0.1, 0.15) is 34.7 Å². The van der Waals surface area contributed by atoms with Crippen molar-refractivity contribution in [3.63, 3.8) is 0 Å². The molecule has 0 N–H and O–H groups in total. The van der Waals surface area contributed by atoms with E-state index in [-0.39, 0.29) is 6.04 Å². The number of hydrogen-bond acceptors (Lipinski definition) is 0. The van der Waals surface area contributed by atoms with Crippen molar-refractivity contribution in [2.75, 3.05) is 0 Å². The van der Waals surface area contributed by atoms with Gasteiger partial charge in [-0.25, -0.2) is 4.58 Å². The lowest BCUT2D eigenvalue weighted by atomic mass is 9.66. The Labute approximate surface area is 221 Å². The van der Waals surface area contributed by atoms with E-state index in [0.717, 1.165) is 6.42 Å². The number of nitrogens with zero attached hydrogens (tertiary/aromatic N) is 3. The van der Waals surface area contributed by atoms with Crippen molar-refractivity contribution in [3.05, 3.63) is 156 Å². The molecule has 6 heterocycles. The van der Waals surface area contributed by atoms with Crippen LogP contribution in [0.2, 0.25) is 0 Å². The highest BCUT2D eigenvalue weighted by atomic mass is 15.4. The summed E-state index contributed by atoms with van der Waals surface area (Å²) in [6, 6.07) is 40.9. The summed E-state index contributed by atoms with van der Waals surface area (Å²) in [6.07, 6.45) is 12.5. The summed E-state index contributed by atoms with van der Waals surface area (Å²) in [7, 11) is 0. The molecule has 2 unspecified atom stereocenters. The minimum absolute atomic E-state index is 0.271. The van der Waals surface area contributed by atoms with Gasteiger partial charge in [-0.15, -0.1) is 9.13 Å². The number of fused-ring (bicyclic) bond motifs is 16. The number of pyridine rings is 2. The van der Waals surface area contributed by atoms with Crippen molar-refractivity contribution in [3.8, 4) is 22.5 Å². The first-order chi connectivity index (χ1) is 18.9. The smallest absolute Gasteiger partial charge is 0.202 e. The van der Waals surface area contributed by atoms with Crippen molar-refractivity contribution in [1.29, 1.82) is 0 Å². The van der Waals surface area contributed by atoms with Crippen LogP contribution in [0.4, 0.5) is 0 Å². The maximum absolute atomic E-state index is 2.69. The van der Waals surface area contributed by atoms with Gasteiger partial charge in [0.1, 0.15) is 5.56 Å². The summed E-state index contributed by atoms with van der Waals surface area (Å²) in [5.74, 6) is 0. The zero-order valence-electron chi connectivity index (χ0n) is 20.9. The van der Waals surface area contributed by atoms with Crippen LogP contribution in [0, 0.1) is 0 Å². The fourth-order valence-electron chi connectivity index (χ4n) is 8.14. The van der Waals surface area contributed by atoms with Crippen LogP contribution < -0.4 is 9.13 Å². The van der Waals surface area contributed by atoms with Gasteiger partial charge in [0.15, 0.2) is 24.7 Å². The van der Waals surface area contributed by atoms with Gasteiger partial charge >= 0.3 is 11.2 Å². The molecule has 0 saturated heterocycles. The second kappa shape index (κ2) is 7.02. The second-order valence-corrected chi connectivity index (χ2v) is 10.7. The van der Waals surface area contributed by atoms with E-state index in [1.807, 2.05) is 0 Å². The van der Waals surface area contributed by atoms with Crippen LogP contribution >= 0.6 is 0 Å². The standard InChI is InChI=1S/C35H26N3/c1-4-16-28-25(13-1)31-19-7-10-22-36(31)34(28)29-17-5-2-14-26(29)32-20-8-11-23-37(32)35(34)30-18-6-3-15-27(30)33-21-9-12-24-38(33)35/h1-18,20-24,31H,19H2/q+3/t31?,34?,35-/m0/s1. The predicted octanol–water partition coefficient (Wildman–Crippen LogP) is 5.51. The third kappa shape index (κ3) is 2.07. The molecule has 0 radical (unpaired) electrons. The zero-order valence-corrected chi connectivity index (χ0v) is 20.9. The largest absolute Gasteiger partial charge is 0.463 e. The monoisotopic (exact) mass is 488 g/mol. The molecule has 0 bridgehead atoms. The zero-order chi connectivity index (χ0) is 24.9. The van der Waals surface area contributed by atoms with Gasteiger partial charge in [0.05, 0.1) is 22.3 Å². The molecule has 0 aliphatic carbocycles. The molecule has 3 aromatic carbocycles. The SMILES string of the molecule is C1=CCC2c3ccccc3C3(c4ccccc4-c4cccc[n+]4[C@]34c3ccccc3-c3cccc[n+]34)[N+]2=C1. The van der Waals surface area contributed by atoms with E-state index >= 15 is 0 Å². The van der Waals surface area contributed by atoms with E-state index in [0.29, 0.717) is 0 Å². The van der Waals surface area contributed by atoms with Crippen molar-refractivity contribution >= 4 is 6.21 Å². The van der Waals surface area contributed by atoms with Gasteiger partial charge in [-0.3, -0.25) is 0 Å². The minimum Gasteiger partial charge on any atom is -0.202 e. The molecule has 5 aromatic rings. The quantitative estimate of drug-likeness (QED) is 0.255. The van der Waals surface area contributed by atoms with Gasteiger partial charge in [-0.05, 0) is 36.4 Å². The number of aromatic nitrogens is 2.